The molecule has 1 amide bonds. The molecular formula is C18H18N2O2S2. The van der Waals surface area contributed by atoms with Crippen LogP contribution in [-0.4, -0.2) is 23.3 Å². The number of benzene rings is 2. The highest BCUT2D eigenvalue weighted by atomic mass is 32.2. The highest BCUT2D eigenvalue weighted by Crippen LogP contribution is 2.30. The monoisotopic (exact) mass is 358 g/mol. The fourth-order valence-electron chi connectivity index (χ4n) is 2.26. The number of aryl methyl sites for hydroxylation is 1. The Hall–Kier alpha value is -2.05. The number of nitrogens with zero attached hydrogens (tertiary/aromatic N) is 1. The first-order valence-corrected chi connectivity index (χ1v) is 9.24. The molecule has 24 heavy (non-hydrogen) atoms. The maximum atomic E-state index is 12.4. The number of carbonyl (C=O) groups excluding carboxylic acids is 1. The number of hydrogen-bond acceptors (Lipinski definition) is 5. The predicted molar refractivity (Wildman–Crippen MR) is 101 cm³/mol. The van der Waals surface area contributed by atoms with Crippen molar-refractivity contribution in [1.29, 1.82) is 0 Å². The molecule has 0 radical (unpaired) electrons. The smallest absolute Gasteiger partial charge is 0.239 e. The van der Waals surface area contributed by atoms with E-state index in [1.165, 1.54) is 23.1 Å². The Labute approximate surface area is 149 Å². The molecule has 0 saturated heterocycles. The summed E-state index contributed by atoms with van der Waals surface area (Å²) in [4.78, 5) is 18.0. The third-order valence-electron chi connectivity index (χ3n) is 3.59. The molecule has 3 rings (SSSR count). The molecule has 0 spiro atoms. The Morgan fingerprint density at radius 1 is 1.25 bits per heavy atom. The Kier molecular flexibility index (Phi) is 5.06. The fraction of sp³-hybridized carbons (Fsp3) is 0.222. The van der Waals surface area contributed by atoms with E-state index in [1.54, 1.807) is 7.11 Å². The highest BCUT2D eigenvalue weighted by molar-refractivity contribution is 8.00. The minimum atomic E-state index is -0.216. The van der Waals surface area contributed by atoms with Crippen molar-refractivity contribution < 1.29 is 9.53 Å². The van der Waals surface area contributed by atoms with Gasteiger partial charge in [-0.2, -0.15) is 0 Å². The normalized spacial score (nSPS) is 12.1. The molecular weight excluding hydrogens is 340 g/mol. The van der Waals surface area contributed by atoms with Crippen molar-refractivity contribution in [3.05, 3.63) is 48.0 Å². The standard InChI is InChI=1S/C18H18N2O2S2/c1-11-5-4-6-15-16(11)19-18(24-15)20-17(21)12(2)23-14-9-7-13(22-3)8-10-14/h4-10,12H,1-3H3,(H,19,20,21). The molecule has 2 aromatic carbocycles. The van der Waals surface area contributed by atoms with Gasteiger partial charge in [-0.25, -0.2) is 4.98 Å². The molecule has 3 aromatic rings. The molecule has 0 saturated carbocycles. The number of anilines is 1. The van der Waals surface area contributed by atoms with E-state index in [0.717, 1.165) is 26.4 Å². The lowest BCUT2D eigenvalue weighted by Gasteiger charge is -2.10. The molecule has 6 heteroatoms. The lowest BCUT2D eigenvalue weighted by molar-refractivity contribution is -0.115. The van der Waals surface area contributed by atoms with E-state index < -0.39 is 0 Å². The molecule has 0 fully saturated rings. The van der Waals surface area contributed by atoms with Gasteiger partial charge in [-0.1, -0.05) is 23.5 Å². The van der Waals surface area contributed by atoms with Gasteiger partial charge in [-0.15, -0.1) is 11.8 Å². The van der Waals surface area contributed by atoms with Gasteiger partial charge in [0.25, 0.3) is 0 Å². The van der Waals surface area contributed by atoms with Crippen molar-refractivity contribution in [1.82, 2.24) is 4.98 Å². The number of carbonyl (C=O) groups is 1. The van der Waals surface area contributed by atoms with Crippen molar-refractivity contribution in [2.45, 2.75) is 24.0 Å². The largest absolute Gasteiger partial charge is 0.497 e. The number of rotatable bonds is 5. The van der Waals surface area contributed by atoms with Crippen LogP contribution in [-0.2, 0) is 4.79 Å². The number of para-hydroxylation sites is 1. The van der Waals surface area contributed by atoms with E-state index in [9.17, 15) is 4.79 Å². The minimum Gasteiger partial charge on any atom is -0.497 e. The van der Waals surface area contributed by atoms with E-state index in [4.69, 9.17) is 4.74 Å². The summed E-state index contributed by atoms with van der Waals surface area (Å²) in [6.45, 7) is 3.92. The fourth-order valence-corrected chi connectivity index (χ4v) is 4.07. The lowest BCUT2D eigenvalue weighted by atomic mass is 10.2. The number of nitrogens with one attached hydrogen (secondary N) is 1. The first kappa shape index (κ1) is 16.8. The van der Waals surface area contributed by atoms with Gasteiger partial charge in [0, 0.05) is 4.90 Å². The molecule has 1 heterocycles. The average molecular weight is 358 g/mol. The summed E-state index contributed by atoms with van der Waals surface area (Å²) in [5.74, 6) is 0.758. The van der Waals surface area contributed by atoms with Gasteiger partial charge < -0.3 is 10.1 Å². The summed E-state index contributed by atoms with van der Waals surface area (Å²) in [5.41, 5.74) is 2.07. The molecule has 1 N–H and O–H groups in total. The number of ether oxygens (including phenoxy) is 1. The van der Waals surface area contributed by atoms with Gasteiger partial charge in [-0.05, 0) is 49.7 Å². The lowest BCUT2D eigenvalue weighted by Crippen LogP contribution is -2.22. The van der Waals surface area contributed by atoms with Crippen molar-refractivity contribution >= 4 is 44.4 Å². The second-order valence-corrected chi connectivity index (χ2v) is 7.81. The molecule has 0 bridgehead atoms. The topological polar surface area (TPSA) is 51.2 Å². The van der Waals surface area contributed by atoms with Crippen molar-refractivity contribution in [2.24, 2.45) is 0 Å². The number of amides is 1. The van der Waals surface area contributed by atoms with Crippen LogP contribution in [0.5, 0.6) is 5.75 Å². The van der Waals surface area contributed by atoms with Gasteiger partial charge >= 0.3 is 0 Å². The van der Waals surface area contributed by atoms with Crippen LogP contribution in [0.25, 0.3) is 10.2 Å². The van der Waals surface area contributed by atoms with Crippen LogP contribution >= 0.6 is 23.1 Å². The average Bonchev–Trinajstić information content (AvgIpc) is 2.99. The van der Waals surface area contributed by atoms with Crippen molar-refractivity contribution in [3.8, 4) is 5.75 Å². The molecule has 124 valence electrons. The number of aromatic nitrogens is 1. The first-order chi connectivity index (χ1) is 11.6. The Morgan fingerprint density at radius 3 is 2.67 bits per heavy atom. The molecule has 0 aliphatic heterocycles. The van der Waals surface area contributed by atoms with Crippen LogP contribution in [0.2, 0.25) is 0 Å². The summed E-state index contributed by atoms with van der Waals surface area (Å²) >= 11 is 3.01. The van der Waals surface area contributed by atoms with Crippen LogP contribution in [0, 0.1) is 6.92 Å². The third-order valence-corrected chi connectivity index (χ3v) is 5.64. The van der Waals surface area contributed by atoms with E-state index >= 15 is 0 Å². The Bertz CT molecular complexity index is 859. The van der Waals surface area contributed by atoms with Crippen molar-refractivity contribution in [3.63, 3.8) is 0 Å². The summed E-state index contributed by atoms with van der Waals surface area (Å²) < 4.78 is 6.23. The molecule has 4 nitrogen and oxygen atoms in total. The highest BCUT2D eigenvalue weighted by Gasteiger charge is 2.16. The van der Waals surface area contributed by atoms with E-state index in [1.807, 2.05) is 56.3 Å². The summed E-state index contributed by atoms with van der Waals surface area (Å²) in [5, 5.41) is 3.35. The zero-order valence-corrected chi connectivity index (χ0v) is 15.3. The van der Waals surface area contributed by atoms with Crippen LogP contribution in [0.3, 0.4) is 0 Å². The third kappa shape index (κ3) is 3.71. The van der Waals surface area contributed by atoms with Crippen LogP contribution < -0.4 is 10.1 Å². The molecule has 0 aliphatic carbocycles. The number of thioether (sulfide) groups is 1. The van der Waals surface area contributed by atoms with Gasteiger partial charge in [0.1, 0.15) is 5.75 Å². The molecule has 1 aromatic heterocycles. The minimum absolute atomic E-state index is 0.0486. The van der Waals surface area contributed by atoms with Gasteiger partial charge in [-0.3, -0.25) is 4.79 Å². The number of fused-ring (bicyclic) bond motifs is 1. The van der Waals surface area contributed by atoms with Crippen LogP contribution in [0.4, 0.5) is 5.13 Å². The Balaban J connectivity index is 1.67. The van der Waals surface area contributed by atoms with E-state index in [0.29, 0.717) is 5.13 Å². The number of hydrogen-bond donors (Lipinski definition) is 1. The van der Waals surface area contributed by atoms with Crippen molar-refractivity contribution in [2.75, 3.05) is 12.4 Å². The van der Waals surface area contributed by atoms with Gasteiger partial charge in [0.2, 0.25) is 5.91 Å². The van der Waals surface area contributed by atoms with Crippen LogP contribution in [0.15, 0.2) is 47.4 Å². The van der Waals surface area contributed by atoms with Gasteiger partial charge in [0.05, 0.1) is 22.6 Å². The quantitative estimate of drug-likeness (QED) is 0.670. The molecule has 0 aliphatic rings. The maximum absolute atomic E-state index is 12.4. The first-order valence-electron chi connectivity index (χ1n) is 7.54. The van der Waals surface area contributed by atoms with Gasteiger partial charge in [0.15, 0.2) is 5.13 Å². The predicted octanol–water partition coefficient (Wildman–Crippen LogP) is 4.73. The summed E-state index contributed by atoms with van der Waals surface area (Å²) in [6.07, 6.45) is 0. The number of methoxy groups -OCH3 is 1. The SMILES string of the molecule is COc1ccc(SC(C)C(=O)Nc2nc3c(C)cccc3s2)cc1. The second-order valence-electron chi connectivity index (χ2n) is 5.37. The zero-order chi connectivity index (χ0) is 17.1. The summed E-state index contributed by atoms with van der Waals surface area (Å²) in [6, 6.07) is 13.7. The number of thiazole rings is 1. The Morgan fingerprint density at radius 2 is 2.00 bits per heavy atom. The maximum Gasteiger partial charge on any atom is 0.239 e. The summed E-state index contributed by atoms with van der Waals surface area (Å²) in [7, 11) is 1.64. The van der Waals surface area contributed by atoms with E-state index in [2.05, 4.69) is 10.3 Å². The van der Waals surface area contributed by atoms with E-state index in [-0.39, 0.29) is 11.2 Å². The van der Waals surface area contributed by atoms with Crippen LogP contribution in [0.1, 0.15) is 12.5 Å². The molecule has 1 atom stereocenters. The second kappa shape index (κ2) is 7.23. The zero-order valence-electron chi connectivity index (χ0n) is 13.7. The molecule has 1 unspecified atom stereocenters.